The van der Waals surface area contributed by atoms with Crippen LogP contribution in [0.25, 0.3) is 0 Å². The van der Waals surface area contributed by atoms with Gasteiger partial charge >= 0.3 is 0 Å². The molecule has 1 atom stereocenters. The standard InChI is InChI=1S/C22H36O2Si/c1-22(2,3)25(4,5)24-18-21-13-9-12-19(16-21)14-15-23-17-20-10-7-6-8-11-20/h6-8,10-11,13,19H,9,12,14-18H2,1-5H3. The summed E-state index contributed by atoms with van der Waals surface area (Å²) in [6.07, 6.45) is 7.24. The van der Waals surface area contributed by atoms with Gasteiger partial charge in [0.25, 0.3) is 0 Å². The topological polar surface area (TPSA) is 18.5 Å². The molecule has 2 nitrogen and oxygen atoms in total. The molecular formula is C22H36O2Si. The Kier molecular flexibility index (Phi) is 7.47. The fourth-order valence-electron chi connectivity index (χ4n) is 2.95. The summed E-state index contributed by atoms with van der Waals surface area (Å²) in [7, 11) is -1.65. The zero-order valence-corrected chi connectivity index (χ0v) is 17.8. The number of ether oxygens (including phenoxy) is 1. The maximum atomic E-state index is 6.40. The molecule has 0 saturated carbocycles. The summed E-state index contributed by atoms with van der Waals surface area (Å²) >= 11 is 0. The van der Waals surface area contributed by atoms with Crippen molar-refractivity contribution in [1.82, 2.24) is 0 Å². The van der Waals surface area contributed by atoms with Crippen LogP contribution in [0.5, 0.6) is 0 Å². The van der Waals surface area contributed by atoms with Crippen molar-refractivity contribution in [2.75, 3.05) is 13.2 Å². The van der Waals surface area contributed by atoms with E-state index in [1.807, 2.05) is 6.07 Å². The summed E-state index contributed by atoms with van der Waals surface area (Å²) in [4.78, 5) is 0. The van der Waals surface area contributed by atoms with Crippen molar-refractivity contribution in [2.24, 2.45) is 5.92 Å². The van der Waals surface area contributed by atoms with Gasteiger partial charge in [-0.1, -0.05) is 57.2 Å². The lowest BCUT2D eigenvalue weighted by Crippen LogP contribution is -2.41. The average Bonchev–Trinajstić information content (AvgIpc) is 2.57. The summed E-state index contributed by atoms with van der Waals surface area (Å²) in [5.74, 6) is 0.749. The first-order chi connectivity index (χ1) is 11.8. The van der Waals surface area contributed by atoms with Gasteiger partial charge in [0.15, 0.2) is 8.32 Å². The third kappa shape index (κ3) is 6.73. The van der Waals surface area contributed by atoms with Gasteiger partial charge in [0, 0.05) is 6.61 Å². The molecule has 1 aliphatic carbocycles. The minimum absolute atomic E-state index is 0.285. The molecule has 0 saturated heterocycles. The maximum absolute atomic E-state index is 6.40. The molecule has 1 aromatic carbocycles. The van der Waals surface area contributed by atoms with Crippen molar-refractivity contribution >= 4 is 8.32 Å². The highest BCUT2D eigenvalue weighted by atomic mass is 28.4. The first kappa shape index (κ1) is 20.4. The lowest BCUT2D eigenvalue weighted by atomic mass is 9.87. The van der Waals surface area contributed by atoms with Gasteiger partial charge in [-0.3, -0.25) is 0 Å². The highest BCUT2D eigenvalue weighted by Gasteiger charge is 2.37. The normalized spacial score (nSPS) is 18.9. The molecule has 3 heteroatoms. The average molecular weight is 361 g/mol. The fraction of sp³-hybridized carbons (Fsp3) is 0.636. The summed E-state index contributed by atoms with van der Waals surface area (Å²) < 4.78 is 12.3. The predicted molar refractivity (Wildman–Crippen MR) is 109 cm³/mol. The van der Waals surface area contributed by atoms with Crippen molar-refractivity contribution in [1.29, 1.82) is 0 Å². The summed E-state index contributed by atoms with van der Waals surface area (Å²) in [6, 6.07) is 10.4. The maximum Gasteiger partial charge on any atom is 0.192 e. The molecule has 1 aromatic rings. The molecule has 1 unspecified atom stereocenters. The zero-order valence-electron chi connectivity index (χ0n) is 16.8. The van der Waals surface area contributed by atoms with Gasteiger partial charge < -0.3 is 9.16 Å². The number of rotatable bonds is 8. The minimum atomic E-state index is -1.65. The Bertz CT molecular complexity index is 543. The SMILES string of the molecule is CC(C)(C)[Si](C)(C)OCC1=CCCC(CCOCc2ccccc2)C1. The number of allylic oxidation sites excluding steroid dienone is 1. The highest BCUT2D eigenvalue weighted by molar-refractivity contribution is 6.74. The quantitative estimate of drug-likeness (QED) is 0.306. The predicted octanol–water partition coefficient (Wildman–Crippen LogP) is 6.34. The zero-order chi connectivity index (χ0) is 18.3. The molecule has 0 radical (unpaired) electrons. The van der Waals surface area contributed by atoms with E-state index in [0.717, 1.165) is 32.2 Å². The van der Waals surface area contributed by atoms with E-state index in [0.29, 0.717) is 0 Å². The first-order valence-corrected chi connectivity index (χ1v) is 12.6. The van der Waals surface area contributed by atoms with Gasteiger partial charge in [-0.2, -0.15) is 0 Å². The van der Waals surface area contributed by atoms with Crippen LogP contribution in [0, 0.1) is 5.92 Å². The van der Waals surface area contributed by atoms with Crippen molar-refractivity contribution in [3.8, 4) is 0 Å². The van der Waals surface area contributed by atoms with Gasteiger partial charge in [-0.25, -0.2) is 0 Å². The summed E-state index contributed by atoms with van der Waals surface area (Å²) in [6.45, 7) is 14.0. The molecule has 140 valence electrons. The Morgan fingerprint density at radius 2 is 1.80 bits per heavy atom. The highest BCUT2D eigenvalue weighted by Crippen LogP contribution is 2.37. The van der Waals surface area contributed by atoms with Crippen LogP contribution in [0.3, 0.4) is 0 Å². The molecule has 0 N–H and O–H groups in total. The molecule has 0 spiro atoms. The fourth-order valence-corrected chi connectivity index (χ4v) is 3.93. The molecule has 1 aliphatic rings. The van der Waals surface area contributed by atoms with Crippen molar-refractivity contribution in [3.63, 3.8) is 0 Å². The summed E-state index contributed by atoms with van der Waals surface area (Å²) in [5.41, 5.74) is 2.76. The van der Waals surface area contributed by atoms with Gasteiger partial charge in [0.2, 0.25) is 0 Å². The Balaban J connectivity index is 1.69. The van der Waals surface area contributed by atoms with Crippen molar-refractivity contribution in [3.05, 3.63) is 47.5 Å². The first-order valence-electron chi connectivity index (χ1n) is 9.71. The van der Waals surface area contributed by atoms with E-state index in [4.69, 9.17) is 9.16 Å². The van der Waals surface area contributed by atoms with E-state index in [2.05, 4.69) is 64.2 Å². The lowest BCUT2D eigenvalue weighted by Gasteiger charge is -2.37. The summed E-state index contributed by atoms with van der Waals surface area (Å²) in [5, 5.41) is 0.285. The van der Waals surface area contributed by atoms with Crippen LogP contribution in [0.15, 0.2) is 42.0 Å². The van der Waals surface area contributed by atoms with E-state index < -0.39 is 8.32 Å². The van der Waals surface area contributed by atoms with Crippen LogP contribution < -0.4 is 0 Å². The molecule has 0 bridgehead atoms. The van der Waals surface area contributed by atoms with Crippen LogP contribution in [0.4, 0.5) is 0 Å². The van der Waals surface area contributed by atoms with Crippen molar-refractivity contribution in [2.45, 2.75) is 71.2 Å². The third-order valence-electron chi connectivity index (χ3n) is 5.77. The second-order valence-corrected chi connectivity index (χ2v) is 13.7. The van der Waals surface area contributed by atoms with E-state index in [1.165, 1.54) is 30.4 Å². The largest absolute Gasteiger partial charge is 0.413 e. The molecule has 0 fully saturated rings. The van der Waals surface area contributed by atoms with Gasteiger partial charge in [-0.15, -0.1) is 0 Å². The lowest BCUT2D eigenvalue weighted by molar-refractivity contribution is 0.105. The van der Waals surface area contributed by atoms with Crippen LogP contribution in [-0.2, 0) is 15.8 Å². The minimum Gasteiger partial charge on any atom is -0.413 e. The van der Waals surface area contributed by atoms with Gasteiger partial charge in [0.05, 0.1) is 13.2 Å². The smallest absolute Gasteiger partial charge is 0.192 e. The molecule has 25 heavy (non-hydrogen) atoms. The number of hydrogen-bond acceptors (Lipinski definition) is 2. The molecular weight excluding hydrogens is 324 g/mol. The molecule has 2 rings (SSSR count). The van der Waals surface area contributed by atoms with E-state index in [1.54, 1.807) is 0 Å². The van der Waals surface area contributed by atoms with E-state index in [9.17, 15) is 0 Å². The van der Waals surface area contributed by atoms with Crippen LogP contribution in [0.1, 0.15) is 52.0 Å². The monoisotopic (exact) mass is 360 g/mol. The van der Waals surface area contributed by atoms with Gasteiger partial charge in [-0.05, 0) is 60.9 Å². The molecule has 0 aromatic heterocycles. The Morgan fingerprint density at radius 1 is 1.08 bits per heavy atom. The van der Waals surface area contributed by atoms with Crippen LogP contribution in [0.2, 0.25) is 18.1 Å². The number of benzene rings is 1. The van der Waals surface area contributed by atoms with Crippen LogP contribution >= 0.6 is 0 Å². The van der Waals surface area contributed by atoms with E-state index >= 15 is 0 Å². The second-order valence-electron chi connectivity index (χ2n) is 8.89. The molecule has 0 aliphatic heterocycles. The number of hydrogen-bond donors (Lipinski definition) is 0. The Hall–Kier alpha value is -0.903. The molecule has 0 amide bonds. The van der Waals surface area contributed by atoms with Crippen molar-refractivity contribution < 1.29 is 9.16 Å². The molecule has 0 heterocycles. The second kappa shape index (κ2) is 9.16. The van der Waals surface area contributed by atoms with Gasteiger partial charge in [0.1, 0.15) is 0 Å². The third-order valence-corrected chi connectivity index (χ3v) is 10.2. The Labute approximate surface area is 155 Å². The Morgan fingerprint density at radius 3 is 2.48 bits per heavy atom. The van der Waals surface area contributed by atoms with Crippen LogP contribution in [-0.4, -0.2) is 21.5 Å². The van der Waals surface area contributed by atoms with E-state index in [-0.39, 0.29) is 5.04 Å².